The predicted octanol–water partition coefficient (Wildman–Crippen LogP) is 2.66. The molecule has 0 saturated heterocycles. The number of para-hydroxylation sites is 1. The fraction of sp³-hybridized carbons (Fsp3) is 0.348. The van der Waals surface area contributed by atoms with E-state index in [1.54, 1.807) is 51.2 Å². The van der Waals surface area contributed by atoms with E-state index in [2.05, 4.69) is 5.32 Å². The summed E-state index contributed by atoms with van der Waals surface area (Å²) in [5.74, 6) is -2.03. The highest BCUT2D eigenvalue weighted by atomic mass is 16.6. The quantitative estimate of drug-likeness (QED) is 0.619. The average Bonchev–Trinajstić information content (AvgIpc) is 3.15. The summed E-state index contributed by atoms with van der Waals surface area (Å²) in [6.45, 7) is 5.31. The summed E-state index contributed by atoms with van der Waals surface area (Å²) in [5, 5.41) is 3.25. The van der Waals surface area contributed by atoms with Crippen LogP contribution >= 0.6 is 0 Å². The molecule has 1 amide bonds. The number of aryl methyl sites for hydroxylation is 1. The number of ether oxygens (including phenoxy) is 2. The van der Waals surface area contributed by atoms with Crippen molar-refractivity contribution in [2.75, 3.05) is 30.5 Å². The van der Waals surface area contributed by atoms with Gasteiger partial charge in [0.1, 0.15) is 0 Å². The Kier molecular flexibility index (Phi) is 4.56. The van der Waals surface area contributed by atoms with Gasteiger partial charge in [0.15, 0.2) is 5.54 Å². The van der Waals surface area contributed by atoms with Gasteiger partial charge in [0.25, 0.3) is 5.91 Å². The van der Waals surface area contributed by atoms with Crippen molar-refractivity contribution in [3.05, 3.63) is 59.2 Å². The maximum atomic E-state index is 13.8. The summed E-state index contributed by atoms with van der Waals surface area (Å²) < 4.78 is 10.9. The Hall–Kier alpha value is -3.35. The molecular weight excluding hydrogens is 384 g/mol. The molecule has 0 aromatic heterocycles. The zero-order chi connectivity index (χ0) is 21.7. The van der Waals surface area contributed by atoms with Crippen molar-refractivity contribution in [3.8, 4) is 0 Å². The molecule has 4 rings (SSSR count). The van der Waals surface area contributed by atoms with E-state index >= 15 is 0 Å². The molecule has 1 N–H and O–H groups in total. The van der Waals surface area contributed by atoms with E-state index in [0.717, 1.165) is 5.56 Å². The lowest BCUT2D eigenvalue weighted by molar-refractivity contribution is -0.170. The molecule has 2 heterocycles. The molecule has 0 radical (unpaired) electrons. The first-order valence-electron chi connectivity index (χ1n) is 9.97. The second-order valence-electron chi connectivity index (χ2n) is 7.50. The number of esters is 2. The van der Waals surface area contributed by atoms with Crippen LogP contribution in [0.25, 0.3) is 0 Å². The first kappa shape index (κ1) is 19.9. The van der Waals surface area contributed by atoms with Gasteiger partial charge in [-0.3, -0.25) is 14.4 Å². The first-order chi connectivity index (χ1) is 14.4. The fourth-order valence-corrected chi connectivity index (χ4v) is 4.71. The minimum atomic E-state index is -2.02. The summed E-state index contributed by atoms with van der Waals surface area (Å²) in [6, 6.07) is 12.5. The van der Waals surface area contributed by atoms with Gasteiger partial charge in [0, 0.05) is 29.5 Å². The molecular formula is C23H24N2O5. The van der Waals surface area contributed by atoms with E-state index in [9.17, 15) is 14.4 Å². The van der Waals surface area contributed by atoms with Crippen LogP contribution in [0.2, 0.25) is 0 Å². The number of hydrogen-bond acceptors (Lipinski definition) is 6. The maximum absolute atomic E-state index is 13.8. The molecule has 156 valence electrons. The molecule has 2 aliphatic heterocycles. The van der Waals surface area contributed by atoms with Crippen LogP contribution < -0.4 is 10.2 Å². The van der Waals surface area contributed by atoms with Crippen molar-refractivity contribution in [3.63, 3.8) is 0 Å². The van der Waals surface area contributed by atoms with Crippen molar-refractivity contribution in [1.29, 1.82) is 0 Å². The van der Waals surface area contributed by atoms with E-state index in [1.807, 2.05) is 19.1 Å². The SMILES string of the molecule is CCOC(=O)C1(C(=O)OCC)c2cc(C)ccc2N[C@@]12C(=O)N(C)c1ccccc12. The Morgan fingerprint density at radius 1 is 1.00 bits per heavy atom. The third-order valence-electron chi connectivity index (χ3n) is 5.92. The summed E-state index contributed by atoms with van der Waals surface area (Å²) in [4.78, 5) is 42.6. The highest BCUT2D eigenvalue weighted by Crippen LogP contribution is 2.59. The number of fused-ring (bicyclic) bond motifs is 3. The molecule has 0 unspecified atom stereocenters. The van der Waals surface area contributed by atoms with Gasteiger partial charge in [-0.2, -0.15) is 0 Å². The van der Waals surface area contributed by atoms with Gasteiger partial charge in [0.05, 0.1) is 13.2 Å². The largest absolute Gasteiger partial charge is 0.465 e. The van der Waals surface area contributed by atoms with Gasteiger partial charge < -0.3 is 19.7 Å². The van der Waals surface area contributed by atoms with Crippen LogP contribution in [0.5, 0.6) is 0 Å². The Balaban J connectivity index is 2.14. The molecule has 1 spiro atoms. The molecule has 0 bridgehead atoms. The number of carbonyl (C=O) groups excluding carboxylic acids is 3. The van der Waals surface area contributed by atoms with Crippen molar-refractivity contribution in [1.82, 2.24) is 0 Å². The Morgan fingerprint density at radius 2 is 1.63 bits per heavy atom. The lowest BCUT2D eigenvalue weighted by Gasteiger charge is -2.38. The summed E-state index contributed by atoms with van der Waals surface area (Å²) in [5.41, 5.74) is -0.800. The first-order valence-corrected chi connectivity index (χ1v) is 9.97. The van der Waals surface area contributed by atoms with E-state index in [4.69, 9.17) is 9.47 Å². The summed E-state index contributed by atoms with van der Waals surface area (Å²) in [6.07, 6.45) is 0. The Morgan fingerprint density at radius 3 is 2.27 bits per heavy atom. The second-order valence-corrected chi connectivity index (χ2v) is 7.50. The van der Waals surface area contributed by atoms with E-state index in [-0.39, 0.29) is 13.2 Å². The topological polar surface area (TPSA) is 84.9 Å². The van der Waals surface area contributed by atoms with Crippen LogP contribution in [-0.4, -0.2) is 38.1 Å². The zero-order valence-corrected chi connectivity index (χ0v) is 17.4. The molecule has 2 aromatic carbocycles. The number of nitrogens with zero attached hydrogens (tertiary/aromatic N) is 1. The van der Waals surface area contributed by atoms with Gasteiger partial charge in [-0.05, 0) is 32.9 Å². The number of hydrogen-bond donors (Lipinski definition) is 1. The van der Waals surface area contributed by atoms with Gasteiger partial charge in [0.2, 0.25) is 5.41 Å². The third-order valence-corrected chi connectivity index (χ3v) is 5.92. The van der Waals surface area contributed by atoms with Crippen LogP contribution in [0, 0.1) is 6.92 Å². The predicted molar refractivity (Wildman–Crippen MR) is 111 cm³/mol. The van der Waals surface area contributed by atoms with Crippen LogP contribution in [0.15, 0.2) is 42.5 Å². The van der Waals surface area contributed by atoms with Crippen LogP contribution in [-0.2, 0) is 34.8 Å². The van der Waals surface area contributed by atoms with Crippen molar-refractivity contribution < 1.29 is 23.9 Å². The van der Waals surface area contributed by atoms with E-state index in [0.29, 0.717) is 22.5 Å². The maximum Gasteiger partial charge on any atom is 0.331 e. The lowest BCUT2D eigenvalue weighted by atomic mass is 9.64. The molecule has 0 aliphatic carbocycles. The number of anilines is 2. The van der Waals surface area contributed by atoms with Crippen molar-refractivity contribution in [2.24, 2.45) is 0 Å². The average molecular weight is 408 g/mol. The number of benzene rings is 2. The molecule has 1 atom stereocenters. The minimum Gasteiger partial charge on any atom is -0.465 e. The molecule has 7 nitrogen and oxygen atoms in total. The van der Waals surface area contributed by atoms with Gasteiger partial charge in [-0.15, -0.1) is 0 Å². The molecule has 2 aromatic rings. The second kappa shape index (κ2) is 6.86. The van der Waals surface area contributed by atoms with Crippen LogP contribution in [0.3, 0.4) is 0 Å². The summed E-state index contributed by atoms with van der Waals surface area (Å²) >= 11 is 0. The van der Waals surface area contributed by atoms with Crippen LogP contribution in [0.4, 0.5) is 11.4 Å². The monoisotopic (exact) mass is 408 g/mol. The highest BCUT2D eigenvalue weighted by Gasteiger charge is 2.76. The molecule has 7 heteroatoms. The van der Waals surface area contributed by atoms with Gasteiger partial charge in [-0.25, -0.2) is 0 Å². The molecule has 30 heavy (non-hydrogen) atoms. The standard InChI is InChI=1S/C23H24N2O5/c1-5-29-20(27)22(21(28)30-6-2)16-13-14(3)11-12-17(16)24-23(22)15-9-7-8-10-18(15)25(4)19(23)26/h7-13,24H,5-6H2,1-4H3/t23-/m0/s1. The number of nitrogens with one attached hydrogen (secondary N) is 1. The Labute approximate surface area is 175 Å². The van der Waals surface area contributed by atoms with Crippen LogP contribution in [0.1, 0.15) is 30.5 Å². The summed E-state index contributed by atoms with van der Waals surface area (Å²) in [7, 11) is 1.63. The van der Waals surface area contributed by atoms with Gasteiger partial charge in [-0.1, -0.05) is 35.9 Å². The smallest absolute Gasteiger partial charge is 0.331 e. The van der Waals surface area contributed by atoms with E-state index in [1.165, 1.54) is 4.90 Å². The van der Waals surface area contributed by atoms with Crippen molar-refractivity contribution >= 4 is 29.2 Å². The molecule has 0 fully saturated rings. The lowest BCUT2D eigenvalue weighted by Crippen LogP contribution is -2.64. The third kappa shape index (κ3) is 2.23. The fourth-order valence-electron chi connectivity index (χ4n) is 4.71. The Bertz CT molecular complexity index is 1050. The highest BCUT2D eigenvalue weighted by molar-refractivity contribution is 6.23. The minimum absolute atomic E-state index is 0.0584. The van der Waals surface area contributed by atoms with Crippen molar-refractivity contribution in [2.45, 2.75) is 31.7 Å². The molecule has 0 saturated carbocycles. The number of amides is 1. The number of rotatable bonds is 4. The van der Waals surface area contributed by atoms with E-state index < -0.39 is 28.8 Å². The number of carbonyl (C=O) groups is 3. The zero-order valence-electron chi connectivity index (χ0n) is 17.4. The molecule has 2 aliphatic rings. The number of likely N-dealkylation sites (N-methyl/N-ethyl adjacent to an activating group) is 1. The van der Waals surface area contributed by atoms with Gasteiger partial charge >= 0.3 is 11.9 Å². The normalized spacial score (nSPS) is 20.5.